The van der Waals surface area contributed by atoms with Crippen molar-refractivity contribution in [3.8, 4) is 56.4 Å². The van der Waals surface area contributed by atoms with Crippen LogP contribution in [0.3, 0.4) is 0 Å². The predicted octanol–water partition coefficient (Wildman–Crippen LogP) is 14.4. The smallest absolute Gasteiger partial charge is 0.164 e. The molecule has 4 aromatic heterocycles. The summed E-state index contributed by atoms with van der Waals surface area (Å²) in [7, 11) is 0. The minimum atomic E-state index is 0.587. The number of thiophene rings is 1. The first-order valence-electron chi connectivity index (χ1n) is 18.9. The number of fused-ring (bicyclic) bond motifs is 9. The Hall–Kier alpha value is -7.41. The Labute approximate surface area is 330 Å². The van der Waals surface area contributed by atoms with E-state index >= 15 is 0 Å². The lowest BCUT2D eigenvalue weighted by atomic mass is 9.93. The number of aromatic nitrogens is 3. The number of furan rings is 2. The van der Waals surface area contributed by atoms with Gasteiger partial charge in [-0.15, -0.1) is 11.3 Å². The van der Waals surface area contributed by atoms with Crippen molar-refractivity contribution in [2.45, 2.75) is 0 Å². The van der Waals surface area contributed by atoms with Crippen molar-refractivity contribution in [2.75, 3.05) is 0 Å². The van der Waals surface area contributed by atoms with Gasteiger partial charge in [0.25, 0.3) is 0 Å². The largest absolute Gasteiger partial charge is 0.455 e. The molecule has 0 amide bonds. The summed E-state index contributed by atoms with van der Waals surface area (Å²) < 4.78 is 16.2. The molecule has 0 aliphatic heterocycles. The zero-order valence-electron chi connectivity index (χ0n) is 30.3. The van der Waals surface area contributed by atoms with E-state index in [4.69, 9.17) is 23.8 Å². The summed E-state index contributed by atoms with van der Waals surface area (Å²) >= 11 is 1.83. The van der Waals surface area contributed by atoms with Crippen LogP contribution >= 0.6 is 11.3 Å². The molecule has 5 nitrogen and oxygen atoms in total. The summed E-state index contributed by atoms with van der Waals surface area (Å²) in [5, 5.41) is 6.60. The molecule has 0 atom stereocenters. The van der Waals surface area contributed by atoms with E-state index in [1.54, 1.807) is 0 Å². The van der Waals surface area contributed by atoms with E-state index in [-0.39, 0.29) is 0 Å². The van der Waals surface area contributed by atoms with Gasteiger partial charge in [0.2, 0.25) is 0 Å². The monoisotopic (exact) mass is 747 g/mol. The van der Waals surface area contributed by atoms with Crippen molar-refractivity contribution in [3.63, 3.8) is 0 Å². The van der Waals surface area contributed by atoms with E-state index in [0.29, 0.717) is 17.5 Å². The molecule has 0 N–H and O–H groups in total. The van der Waals surface area contributed by atoms with Gasteiger partial charge in [-0.05, 0) is 29.8 Å². The first-order chi connectivity index (χ1) is 28.3. The fourth-order valence-corrected chi connectivity index (χ4v) is 9.63. The van der Waals surface area contributed by atoms with E-state index in [9.17, 15) is 0 Å². The molecule has 0 bridgehead atoms. The molecule has 0 radical (unpaired) electrons. The number of rotatable bonds is 5. The normalized spacial score (nSPS) is 11.9. The number of hydrogen-bond donors (Lipinski definition) is 0. The second kappa shape index (κ2) is 12.6. The van der Waals surface area contributed by atoms with Gasteiger partial charge >= 0.3 is 0 Å². The Kier molecular flexibility index (Phi) is 7.03. The predicted molar refractivity (Wildman–Crippen MR) is 234 cm³/mol. The zero-order valence-corrected chi connectivity index (χ0v) is 31.1. The standard InChI is InChI=1S/C51H29N3O2S/c1-3-14-30(15-4-1)49-52-50(31-16-5-2-6-17-31)54-51(53-49)40-24-13-26-42-44(40)39-23-11-20-34(46(39)56-42)33-28-29-35(47-45(33)38-19-7-9-25-41(38)55-47)37-22-12-21-36-32-18-8-10-27-43(32)57-48(36)37/h1-29H. The summed E-state index contributed by atoms with van der Waals surface area (Å²) in [5.41, 5.74) is 10.3. The van der Waals surface area contributed by atoms with E-state index in [1.165, 1.54) is 20.2 Å². The molecule has 0 fully saturated rings. The van der Waals surface area contributed by atoms with Gasteiger partial charge in [-0.3, -0.25) is 0 Å². The van der Waals surface area contributed by atoms with Gasteiger partial charge < -0.3 is 8.83 Å². The van der Waals surface area contributed by atoms with Gasteiger partial charge in [-0.1, -0.05) is 152 Å². The van der Waals surface area contributed by atoms with Crippen LogP contribution in [0.1, 0.15) is 0 Å². The maximum Gasteiger partial charge on any atom is 0.164 e. The first kappa shape index (κ1) is 31.9. The average molecular weight is 748 g/mol. The fourth-order valence-electron chi connectivity index (χ4n) is 8.40. The minimum Gasteiger partial charge on any atom is -0.455 e. The molecule has 0 unspecified atom stereocenters. The molecule has 0 aliphatic carbocycles. The van der Waals surface area contributed by atoms with Crippen LogP contribution in [0.15, 0.2) is 185 Å². The lowest BCUT2D eigenvalue weighted by molar-refractivity contribution is 0.669. The maximum absolute atomic E-state index is 6.87. The lowest BCUT2D eigenvalue weighted by Crippen LogP contribution is -2.00. The van der Waals surface area contributed by atoms with Crippen LogP contribution in [0.25, 0.3) is 120 Å². The average Bonchev–Trinajstić information content (AvgIpc) is 3.99. The zero-order chi connectivity index (χ0) is 37.5. The molecular weight excluding hydrogens is 719 g/mol. The SMILES string of the molecule is c1ccc(-c2nc(-c3ccccc3)nc(-c3cccc4oc5c(-c6ccc(-c7cccc8c7sc7ccccc78)c7oc8ccccc8c67)cccc5c34)n2)cc1. The molecule has 0 saturated heterocycles. The highest BCUT2D eigenvalue weighted by molar-refractivity contribution is 7.26. The van der Waals surface area contributed by atoms with Crippen molar-refractivity contribution in [1.82, 2.24) is 15.0 Å². The number of para-hydroxylation sites is 2. The highest BCUT2D eigenvalue weighted by Gasteiger charge is 2.23. The Morgan fingerprint density at radius 1 is 0.333 bits per heavy atom. The number of nitrogens with zero attached hydrogens (tertiary/aromatic N) is 3. The Bertz CT molecular complexity index is 3470. The molecule has 0 spiro atoms. The third-order valence-corrected chi connectivity index (χ3v) is 12.2. The Balaban J connectivity index is 1.09. The van der Waals surface area contributed by atoms with E-state index in [2.05, 4.69) is 97.1 Å². The van der Waals surface area contributed by atoms with Gasteiger partial charge in [0.15, 0.2) is 17.5 Å². The van der Waals surface area contributed by atoms with Crippen molar-refractivity contribution < 1.29 is 8.83 Å². The molecule has 57 heavy (non-hydrogen) atoms. The molecule has 4 heterocycles. The lowest BCUT2D eigenvalue weighted by Gasteiger charge is -2.10. The quantitative estimate of drug-likeness (QED) is 0.175. The van der Waals surface area contributed by atoms with Crippen molar-refractivity contribution in [3.05, 3.63) is 176 Å². The van der Waals surface area contributed by atoms with Gasteiger partial charge in [0.05, 0.1) is 0 Å². The van der Waals surface area contributed by atoms with Gasteiger partial charge in [0, 0.05) is 75.1 Å². The van der Waals surface area contributed by atoms with Crippen LogP contribution in [-0.4, -0.2) is 15.0 Å². The van der Waals surface area contributed by atoms with Crippen LogP contribution < -0.4 is 0 Å². The maximum atomic E-state index is 6.87. The van der Waals surface area contributed by atoms with E-state index in [1.807, 2.05) is 90.2 Å². The molecule has 12 rings (SSSR count). The van der Waals surface area contributed by atoms with Crippen LogP contribution in [-0.2, 0) is 0 Å². The molecule has 12 aromatic rings. The second-order valence-corrected chi connectivity index (χ2v) is 15.3. The Morgan fingerprint density at radius 3 is 1.67 bits per heavy atom. The van der Waals surface area contributed by atoms with Crippen LogP contribution in [0, 0.1) is 0 Å². The summed E-state index contributed by atoms with van der Waals surface area (Å²) in [4.78, 5) is 15.1. The molecule has 266 valence electrons. The van der Waals surface area contributed by atoms with Gasteiger partial charge in [-0.25, -0.2) is 15.0 Å². The van der Waals surface area contributed by atoms with Crippen LogP contribution in [0.4, 0.5) is 0 Å². The second-order valence-electron chi connectivity index (χ2n) is 14.2. The highest BCUT2D eigenvalue weighted by Crippen LogP contribution is 2.48. The van der Waals surface area contributed by atoms with Crippen molar-refractivity contribution >= 4 is 75.4 Å². The molecule has 6 heteroatoms. The van der Waals surface area contributed by atoms with Crippen LogP contribution in [0.2, 0.25) is 0 Å². The third-order valence-electron chi connectivity index (χ3n) is 11.0. The fraction of sp³-hybridized carbons (Fsp3) is 0. The van der Waals surface area contributed by atoms with E-state index < -0.39 is 0 Å². The molecular formula is C51H29N3O2S. The van der Waals surface area contributed by atoms with Crippen LogP contribution in [0.5, 0.6) is 0 Å². The summed E-state index contributed by atoms with van der Waals surface area (Å²) in [5.74, 6) is 1.82. The topological polar surface area (TPSA) is 65.0 Å². The van der Waals surface area contributed by atoms with Gasteiger partial charge in [-0.2, -0.15) is 0 Å². The summed E-state index contributed by atoms with van der Waals surface area (Å²) in [6.07, 6.45) is 0. The van der Waals surface area contributed by atoms with Crippen molar-refractivity contribution in [2.24, 2.45) is 0 Å². The summed E-state index contributed by atoms with van der Waals surface area (Å²) in [6, 6.07) is 60.7. The highest BCUT2D eigenvalue weighted by atomic mass is 32.1. The third kappa shape index (κ3) is 4.98. The summed E-state index contributed by atoms with van der Waals surface area (Å²) in [6.45, 7) is 0. The van der Waals surface area contributed by atoms with Gasteiger partial charge in [0.1, 0.15) is 22.3 Å². The Morgan fingerprint density at radius 2 is 0.877 bits per heavy atom. The molecule has 0 aliphatic rings. The first-order valence-corrected chi connectivity index (χ1v) is 19.8. The minimum absolute atomic E-state index is 0.587. The number of hydrogen-bond acceptors (Lipinski definition) is 6. The molecule has 0 saturated carbocycles. The van der Waals surface area contributed by atoms with Crippen molar-refractivity contribution in [1.29, 1.82) is 0 Å². The number of benzene rings is 8. The van der Waals surface area contributed by atoms with E-state index in [0.717, 1.165) is 82.8 Å². The molecule has 8 aromatic carbocycles.